The van der Waals surface area contributed by atoms with Crippen molar-refractivity contribution in [2.24, 2.45) is 5.92 Å². The Morgan fingerprint density at radius 2 is 1.43 bits per heavy atom. The van der Waals surface area contributed by atoms with E-state index in [1.54, 1.807) is 58.9 Å². The van der Waals surface area contributed by atoms with Crippen LogP contribution in [0.25, 0.3) is 0 Å². The second-order valence-electron chi connectivity index (χ2n) is 6.57. The molecule has 0 radical (unpaired) electrons. The van der Waals surface area contributed by atoms with E-state index in [0.29, 0.717) is 12.4 Å². The molecule has 0 bridgehead atoms. The van der Waals surface area contributed by atoms with Crippen LogP contribution in [0, 0.1) is 5.92 Å². The van der Waals surface area contributed by atoms with Crippen LogP contribution in [0.15, 0.2) is 24.3 Å². The number of rotatable bonds is 11. The molecule has 0 aromatic heterocycles. The fourth-order valence-corrected chi connectivity index (χ4v) is 2.59. The van der Waals surface area contributed by atoms with Gasteiger partial charge in [-0.25, -0.2) is 9.59 Å². The first-order valence-electron chi connectivity index (χ1n) is 9.92. The van der Waals surface area contributed by atoms with Crippen LogP contribution in [0.5, 0.6) is 5.75 Å². The summed E-state index contributed by atoms with van der Waals surface area (Å²) in [7, 11) is 0. The third-order valence-corrected chi connectivity index (χ3v) is 4.00. The second-order valence-corrected chi connectivity index (χ2v) is 6.57. The third-order valence-electron chi connectivity index (χ3n) is 4.00. The van der Waals surface area contributed by atoms with Crippen molar-refractivity contribution in [2.75, 3.05) is 19.8 Å². The van der Waals surface area contributed by atoms with Crippen LogP contribution in [0.2, 0.25) is 0 Å². The van der Waals surface area contributed by atoms with Gasteiger partial charge < -0.3 is 24.8 Å². The summed E-state index contributed by atoms with van der Waals surface area (Å²) in [6.07, 6.45) is 0. The molecule has 2 N–H and O–H groups in total. The van der Waals surface area contributed by atoms with Crippen LogP contribution in [-0.4, -0.2) is 55.7 Å². The maximum atomic E-state index is 12.8. The summed E-state index contributed by atoms with van der Waals surface area (Å²) in [5.41, 5.74) is 0.269. The number of esters is 2. The summed E-state index contributed by atoms with van der Waals surface area (Å²) in [5, 5.41) is 4.97. The Hall–Kier alpha value is -3.10. The van der Waals surface area contributed by atoms with Gasteiger partial charge in [-0.05, 0) is 38.8 Å². The first kappa shape index (κ1) is 24.9. The number of ether oxygens (including phenoxy) is 3. The molecule has 9 nitrogen and oxygen atoms in total. The Bertz CT molecular complexity index is 731. The Morgan fingerprint density at radius 3 is 1.93 bits per heavy atom. The molecule has 0 aliphatic heterocycles. The Balaban J connectivity index is 3.02. The van der Waals surface area contributed by atoms with Crippen LogP contribution in [0.1, 0.15) is 45.0 Å². The number of benzene rings is 1. The quantitative estimate of drug-likeness (QED) is 0.409. The molecular weight excluding hydrogens is 392 g/mol. The average molecular weight is 422 g/mol. The standard InChI is InChI=1S/C21H30N2O7/c1-6-28-15-12-10-9-11-14(15)18(24)22-16(13(4)5)19(25)23-17(20(26)29-7-2)21(27)30-8-3/h9-13,16-17H,6-8H2,1-5H3,(H,22,24)(H,23,25)/t16-/m0/s1. The summed E-state index contributed by atoms with van der Waals surface area (Å²) in [6, 6.07) is 4.01. The van der Waals surface area contributed by atoms with Crippen molar-refractivity contribution in [3.8, 4) is 5.75 Å². The minimum absolute atomic E-state index is 0.0309. The molecular formula is C21H30N2O7. The molecule has 1 rings (SSSR count). The highest BCUT2D eigenvalue weighted by molar-refractivity contribution is 6.04. The van der Waals surface area contributed by atoms with Crippen molar-refractivity contribution in [3.63, 3.8) is 0 Å². The lowest BCUT2D eigenvalue weighted by Crippen LogP contribution is -2.56. The molecule has 0 unspecified atom stereocenters. The van der Waals surface area contributed by atoms with E-state index in [-0.39, 0.29) is 24.7 Å². The van der Waals surface area contributed by atoms with E-state index >= 15 is 0 Å². The van der Waals surface area contributed by atoms with Gasteiger partial charge in [0.15, 0.2) is 0 Å². The lowest BCUT2D eigenvalue weighted by atomic mass is 10.0. The topological polar surface area (TPSA) is 120 Å². The first-order chi connectivity index (χ1) is 14.3. The molecule has 0 fully saturated rings. The smallest absolute Gasteiger partial charge is 0.340 e. The van der Waals surface area contributed by atoms with Gasteiger partial charge in [0.2, 0.25) is 11.9 Å². The molecule has 0 heterocycles. The SMILES string of the molecule is CCOC(=O)C(NC(=O)[C@@H](NC(=O)c1ccccc1OCC)C(C)C)C(=O)OCC. The van der Waals surface area contributed by atoms with Gasteiger partial charge in [-0.2, -0.15) is 0 Å². The Morgan fingerprint density at radius 1 is 0.867 bits per heavy atom. The highest BCUT2D eigenvalue weighted by atomic mass is 16.6. The lowest BCUT2D eigenvalue weighted by molar-refractivity contribution is -0.159. The van der Waals surface area contributed by atoms with Gasteiger partial charge in [0.05, 0.1) is 25.4 Å². The fourth-order valence-electron chi connectivity index (χ4n) is 2.59. The van der Waals surface area contributed by atoms with Crippen molar-refractivity contribution < 1.29 is 33.4 Å². The minimum Gasteiger partial charge on any atom is -0.493 e. The first-order valence-corrected chi connectivity index (χ1v) is 9.92. The maximum absolute atomic E-state index is 12.8. The third kappa shape index (κ3) is 7.06. The Kier molecular flexibility index (Phi) is 10.4. The zero-order chi connectivity index (χ0) is 22.7. The van der Waals surface area contributed by atoms with E-state index in [1.807, 2.05) is 0 Å². The van der Waals surface area contributed by atoms with Gasteiger partial charge in [-0.1, -0.05) is 26.0 Å². The number of carbonyl (C=O) groups is 4. The molecule has 0 saturated carbocycles. The predicted molar refractivity (Wildman–Crippen MR) is 109 cm³/mol. The van der Waals surface area contributed by atoms with Crippen molar-refractivity contribution >= 4 is 23.8 Å². The van der Waals surface area contributed by atoms with Gasteiger partial charge in [0.25, 0.3) is 5.91 Å². The average Bonchev–Trinajstić information content (AvgIpc) is 2.70. The van der Waals surface area contributed by atoms with Crippen LogP contribution in [0.4, 0.5) is 0 Å². The number of amides is 2. The summed E-state index contributed by atoms with van der Waals surface area (Å²) in [5.74, 6) is -3.04. The van der Waals surface area contributed by atoms with Crippen molar-refractivity contribution in [2.45, 2.75) is 46.7 Å². The molecule has 0 saturated heterocycles. The summed E-state index contributed by atoms with van der Waals surface area (Å²) in [4.78, 5) is 49.8. The molecule has 0 aliphatic carbocycles. The van der Waals surface area contributed by atoms with E-state index in [9.17, 15) is 19.2 Å². The zero-order valence-electron chi connectivity index (χ0n) is 18.0. The molecule has 1 aromatic rings. The molecule has 30 heavy (non-hydrogen) atoms. The largest absolute Gasteiger partial charge is 0.493 e. The molecule has 1 atom stereocenters. The number of nitrogens with one attached hydrogen (secondary N) is 2. The highest BCUT2D eigenvalue weighted by Gasteiger charge is 2.35. The normalized spacial score (nSPS) is 11.6. The molecule has 0 spiro atoms. The fraction of sp³-hybridized carbons (Fsp3) is 0.524. The van der Waals surface area contributed by atoms with E-state index < -0.39 is 35.8 Å². The molecule has 0 aliphatic rings. The monoisotopic (exact) mass is 422 g/mol. The summed E-state index contributed by atoms with van der Waals surface area (Å²) >= 11 is 0. The second kappa shape index (κ2) is 12.5. The Labute approximate surface area is 176 Å². The van der Waals surface area contributed by atoms with Crippen LogP contribution < -0.4 is 15.4 Å². The summed E-state index contributed by atoms with van der Waals surface area (Å²) < 4.78 is 15.2. The van der Waals surface area contributed by atoms with Gasteiger partial charge in [-0.15, -0.1) is 0 Å². The van der Waals surface area contributed by atoms with Crippen LogP contribution in [0.3, 0.4) is 0 Å². The summed E-state index contributed by atoms with van der Waals surface area (Å²) in [6.45, 7) is 8.84. The van der Waals surface area contributed by atoms with Crippen LogP contribution in [-0.2, 0) is 23.9 Å². The van der Waals surface area contributed by atoms with E-state index in [1.165, 1.54) is 0 Å². The highest BCUT2D eigenvalue weighted by Crippen LogP contribution is 2.18. The minimum atomic E-state index is -1.62. The van der Waals surface area contributed by atoms with Crippen LogP contribution >= 0.6 is 0 Å². The molecule has 9 heteroatoms. The van der Waals surface area contributed by atoms with E-state index in [2.05, 4.69) is 10.6 Å². The molecule has 2 amide bonds. The number of carbonyl (C=O) groups excluding carboxylic acids is 4. The molecule has 166 valence electrons. The lowest BCUT2D eigenvalue weighted by Gasteiger charge is -2.24. The maximum Gasteiger partial charge on any atom is 0.340 e. The van der Waals surface area contributed by atoms with E-state index in [0.717, 1.165) is 0 Å². The van der Waals surface area contributed by atoms with E-state index in [4.69, 9.17) is 14.2 Å². The number of para-hydroxylation sites is 1. The number of hydrogen-bond donors (Lipinski definition) is 2. The zero-order valence-corrected chi connectivity index (χ0v) is 18.0. The van der Waals surface area contributed by atoms with Gasteiger partial charge in [0, 0.05) is 0 Å². The van der Waals surface area contributed by atoms with Gasteiger partial charge >= 0.3 is 11.9 Å². The van der Waals surface area contributed by atoms with Crippen molar-refractivity contribution in [1.29, 1.82) is 0 Å². The predicted octanol–water partition coefficient (Wildman–Crippen LogP) is 1.45. The molecule has 1 aromatic carbocycles. The van der Waals surface area contributed by atoms with Crippen molar-refractivity contribution in [3.05, 3.63) is 29.8 Å². The number of hydrogen-bond acceptors (Lipinski definition) is 7. The van der Waals surface area contributed by atoms with Gasteiger partial charge in [-0.3, -0.25) is 9.59 Å². The van der Waals surface area contributed by atoms with Crippen molar-refractivity contribution in [1.82, 2.24) is 10.6 Å². The van der Waals surface area contributed by atoms with Gasteiger partial charge in [0.1, 0.15) is 11.8 Å².